The van der Waals surface area contributed by atoms with Crippen molar-refractivity contribution in [2.75, 3.05) is 19.0 Å². The largest absolute Gasteiger partial charge is 0.494 e. The maximum atomic E-state index is 13.8. The van der Waals surface area contributed by atoms with Crippen molar-refractivity contribution in [2.45, 2.75) is 59.0 Å². The summed E-state index contributed by atoms with van der Waals surface area (Å²) in [5.74, 6) is 3.50. The zero-order valence-electron chi connectivity index (χ0n) is 26.2. The van der Waals surface area contributed by atoms with Gasteiger partial charge in [0.15, 0.2) is 5.82 Å². The van der Waals surface area contributed by atoms with E-state index in [4.69, 9.17) is 9.72 Å². The van der Waals surface area contributed by atoms with Crippen LogP contribution in [0.25, 0.3) is 33.5 Å². The number of piperidine rings is 1. The molecule has 1 amide bonds. The predicted octanol–water partition coefficient (Wildman–Crippen LogP) is 7.24. The molecule has 4 heterocycles. The first-order valence-electron chi connectivity index (χ1n) is 16.0. The van der Waals surface area contributed by atoms with E-state index in [9.17, 15) is 4.79 Å². The molecule has 2 saturated carbocycles. The Kier molecular flexibility index (Phi) is 6.26. The molecule has 2 aromatic carbocycles. The van der Waals surface area contributed by atoms with E-state index < -0.39 is 0 Å². The zero-order valence-corrected chi connectivity index (χ0v) is 26.2. The van der Waals surface area contributed by atoms with Crippen molar-refractivity contribution in [1.82, 2.24) is 24.0 Å². The van der Waals surface area contributed by atoms with Gasteiger partial charge in [-0.15, -0.1) is 0 Å². The van der Waals surface area contributed by atoms with Crippen molar-refractivity contribution in [1.29, 1.82) is 0 Å². The van der Waals surface area contributed by atoms with Gasteiger partial charge < -0.3 is 24.1 Å². The summed E-state index contributed by atoms with van der Waals surface area (Å²) in [4.78, 5) is 25.7. The second kappa shape index (κ2) is 10.1. The maximum absolute atomic E-state index is 13.8. The number of amides is 1. The number of likely N-dealkylation sites (tertiary alicyclic amines) is 1. The van der Waals surface area contributed by atoms with Gasteiger partial charge in [-0.25, -0.2) is 4.98 Å². The number of aromatic nitrogens is 4. The van der Waals surface area contributed by atoms with Gasteiger partial charge in [-0.05, 0) is 93.7 Å². The number of methoxy groups -OCH3 is 1. The zero-order chi connectivity index (χ0) is 30.3. The number of ether oxygens (including phenoxy) is 1. The van der Waals surface area contributed by atoms with Crippen LogP contribution in [0, 0.1) is 31.6 Å². The lowest BCUT2D eigenvalue weighted by molar-refractivity contribution is 0.0696. The van der Waals surface area contributed by atoms with Crippen LogP contribution in [0.1, 0.15) is 54.4 Å². The number of carbonyl (C=O) groups is 1. The van der Waals surface area contributed by atoms with E-state index in [1.165, 1.54) is 30.2 Å². The Morgan fingerprint density at radius 3 is 2.48 bits per heavy atom. The number of fused-ring (bicyclic) bond motifs is 4. The summed E-state index contributed by atoms with van der Waals surface area (Å²) in [6, 6.07) is 17.1. The fourth-order valence-electron chi connectivity index (χ4n) is 7.95. The van der Waals surface area contributed by atoms with Crippen molar-refractivity contribution in [3.05, 3.63) is 65.5 Å². The summed E-state index contributed by atoms with van der Waals surface area (Å²) in [5, 5.41) is 4.87. The fraction of sp³-hybridized carbons (Fsp3) is 0.417. The van der Waals surface area contributed by atoms with E-state index in [2.05, 4.69) is 74.7 Å². The van der Waals surface area contributed by atoms with Crippen molar-refractivity contribution < 1.29 is 9.53 Å². The third-order valence-electron chi connectivity index (χ3n) is 10.3. The third kappa shape index (κ3) is 4.37. The van der Waals surface area contributed by atoms with Crippen LogP contribution in [0.15, 0.2) is 48.5 Å². The number of anilines is 2. The monoisotopic (exact) mass is 588 g/mol. The van der Waals surface area contributed by atoms with E-state index >= 15 is 0 Å². The first kappa shape index (κ1) is 27.2. The van der Waals surface area contributed by atoms with Gasteiger partial charge >= 0.3 is 0 Å². The first-order valence-corrected chi connectivity index (χ1v) is 16.0. The van der Waals surface area contributed by atoms with Crippen LogP contribution in [-0.2, 0) is 13.6 Å². The molecule has 3 aromatic heterocycles. The van der Waals surface area contributed by atoms with Gasteiger partial charge in [-0.1, -0.05) is 19.1 Å². The molecule has 2 unspecified atom stereocenters. The molecule has 1 saturated heterocycles. The second-order valence-corrected chi connectivity index (χ2v) is 13.4. The minimum absolute atomic E-state index is 0.0941. The molecule has 1 aliphatic heterocycles. The molecule has 44 heavy (non-hydrogen) atoms. The van der Waals surface area contributed by atoms with Crippen molar-refractivity contribution >= 4 is 39.2 Å². The summed E-state index contributed by atoms with van der Waals surface area (Å²) in [5.41, 5.74) is 8.68. The number of nitrogens with zero attached hydrogens (tertiary/aromatic N) is 5. The first-order chi connectivity index (χ1) is 21.3. The minimum Gasteiger partial charge on any atom is -0.494 e. The summed E-state index contributed by atoms with van der Waals surface area (Å²) >= 11 is 0. The molecule has 3 atom stereocenters. The van der Waals surface area contributed by atoms with Crippen molar-refractivity contribution in [2.24, 2.45) is 24.8 Å². The molecular weight excluding hydrogens is 548 g/mol. The Morgan fingerprint density at radius 1 is 1.00 bits per heavy atom. The molecule has 8 heteroatoms. The van der Waals surface area contributed by atoms with Gasteiger partial charge in [0.1, 0.15) is 11.3 Å². The minimum atomic E-state index is 0.0941. The van der Waals surface area contributed by atoms with Crippen LogP contribution in [-0.4, -0.2) is 49.6 Å². The molecule has 2 aliphatic carbocycles. The van der Waals surface area contributed by atoms with E-state index in [-0.39, 0.29) is 5.91 Å². The van der Waals surface area contributed by atoms with Crippen LogP contribution in [0.4, 0.5) is 11.4 Å². The molecule has 1 N–H and O–H groups in total. The molecule has 5 aromatic rings. The Bertz CT molecular complexity index is 1930. The van der Waals surface area contributed by atoms with E-state index in [0.717, 1.165) is 64.8 Å². The van der Waals surface area contributed by atoms with Crippen LogP contribution in [0.2, 0.25) is 0 Å². The molecule has 0 spiro atoms. The number of benzene rings is 2. The quantitative estimate of drug-likeness (QED) is 0.217. The van der Waals surface area contributed by atoms with Gasteiger partial charge in [-0.2, -0.15) is 0 Å². The number of hydrogen-bond acceptors (Lipinski definition) is 5. The Hall–Kier alpha value is -4.33. The second-order valence-electron chi connectivity index (χ2n) is 13.4. The highest BCUT2D eigenvalue weighted by Crippen LogP contribution is 2.44. The molecule has 8 rings (SSSR count). The van der Waals surface area contributed by atoms with E-state index in [0.29, 0.717) is 35.1 Å². The number of hydrogen-bond donors (Lipinski definition) is 1. The van der Waals surface area contributed by atoms with Crippen LogP contribution < -0.4 is 10.1 Å². The smallest absolute Gasteiger partial charge is 0.254 e. The Balaban J connectivity index is 1.24. The highest BCUT2D eigenvalue weighted by Gasteiger charge is 2.46. The van der Waals surface area contributed by atoms with Crippen LogP contribution in [0.3, 0.4) is 0 Å². The number of nitrogens with one attached hydrogen (secondary N) is 1. The Morgan fingerprint density at radius 2 is 1.80 bits per heavy atom. The number of aryl methyl sites for hydroxylation is 3. The average molecular weight is 589 g/mol. The lowest BCUT2D eigenvalue weighted by Crippen LogP contribution is -2.38. The van der Waals surface area contributed by atoms with Gasteiger partial charge in [0.25, 0.3) is 5.91 Å². The molecule has 3 aliphatic rings. The van der Waals surface area contributed by atoms with Gasteiger partial charge in [0.2, 0.25) is 0 Å². The summed E-state index contributed by atoms with van der Waals surface area (Å²) < 4.78 is 10.5. The van der Waals surface area contributed by atoms with Crippen molar-refractivity contribution in [3.63, 3.8) is 0 Å². The lowest BCUT2D eigenvalue weighted by Gasteiger charge is -2.27. The summed E-state index contributed by atoms with van der Waals surface area (Å²) in [7, 11) is 3.73. The standard InChI is InChI=1S/C36H40N6O2/c1-20-13-27(14-21(2)37-20)38-28-8-6-7-24-16-31(41(33(24)28)18-23-9-10-23)35-39-29-15-26(17-32(44-5)34(29)40(35)4)36(43)42-19-25-11-12-30(42)22(25)3/h6-8,13-17,22-23,25,30H,9-12,18-19H2,1-5H3,(H,37,38)/t22-,25?,30?/m1/s1. The normalized spacial score (nSPS) is 21.1. The highest BCUT2D eigenvalue weighted by atomic mass is 16.5. The SMILES string of the molecule is COc1cc(C(=O)N2CC3CCC2[C@@H]3C)cc2nc(-c3cc4cccc(Nc5cc(C)nc(C)c5)c4n3CC3CC3)n(C)c12. The van der Waals surface area contributed by atoms with Crippen LogP contribution in [0.5, 0.6) is 5.75 Å². The van der Waals surface area contributed by atoms with Gasteiger partial charge in [0.05, 0.1) is 29.5 Å². The topological polar surface area (TPSA) is 77.2 Å². The number of para-hydroxylation sites is 1. The molecular formula is C36H40N6O2. The fourth-order valence-corrected chi connectivity index (χ4v) is 7.95. The van der Waals surface area contributed by atoms with Gasteiger partial charge in [-0.3, -0.25) is 9.78 Å². The molecule has 2 bridgehead atoms. The van der Waals surface area contributed by atoms with Gasteiger partial charge in [0, 0.05) is 54.2 Å². The summed E-state index contributed by atoms with van der Waals surface area (Å²) in [6.07, 6.45) is 4.83. The molecule has 226 valence electrons. The van der Waals surface area contributed by atoms with Crippen molar-refractivity contribution in [3.8, 4) is 17.3 Å². The molecule has 3 fully saturated rings. The van der Waals surface area contributed by atoms with E-state index in [1.54, 1.807) is 7.11 Å². The number of carbonyl (C=O) groups excluding carboxylic acids is 1. The maximum Gasteiger partial charge on any atom is 0.254 e. The average Bonchev–Trinajstić information content (AvgIpc) is 3.38. The third-order valence-corrected chi connectivity index (χ3v) is 10.3. The highest BCUT2D eigenvalue weighted by molar-refractivity contribution is 6.01. The van der Waals surface area contributed by atoms with E-state index in [1.807, 2.05) is 26.0 Å². The summed E-state index contributed by atoms with van der Waals surface area (Å²) in [6.45, 7) is 8.15. The Labute approximate surface area is 258 Å². The molecule has 8 nitrogen and oxygen atoms in total. The van der Waals surface area contributed by atoms with Crippen LogP contribution >= 0.6 is 0 Å². The number of pyridine rings is 1. The number of imidazole rings is 1. The lowest BCUT2D eigenvalue weighted by atomic mass is 10.0. The predicted molar refractivity (Wildman–Crippen MR) is 175 cm³/mol. The number of rotatable bonds is 7. The molecule has 0 radical (unpaired) electrons.